The largest absolute Gasteiger partial charge is 0.448 e. The Morgan fingerprint density at radius 1 is 1.41 bits per heavy atom. The topological polar surface area (TPSA) is 25.2 Å². The van der Waals surface area contributed by atoms with Gasteiger partial charge in [0.25, 0.3) is 0 Å². The van der Waals surface area contributed by atoms with Crippen molar-refractivity contribution in [1.82, 2.24) is 5.32 Å². The number of allylic oxidation sites excluding steroid dienone is 1. The molecule has 3 heteroatoms. The molecule has 0 saturated carbocycles. The molecule has 0 spiro atoms. The van der Waals surface area contributed by atoms with Gasteiger partial charge in [0.1, 0.15) is 5.76 Å². The summed E-state index contributed by atoms with van der Waals surface area (Å²) in [4.78, 5) is 0. The second-order valence-corrected chi connectivity index (χ2v) is 4.55. The molecule has 1 atom stereocenters. The number of hydrogen-bond acceptors (Lipinski definition) is 2. The molecule has 1 heterocycles. The monoisotopic (exact) mass is 255 g/mol. The minimum absolute atomic E-state index is 0.288. The Morgan fingerprint density at radius 3 is 2.82 bits per heavy atom. The van der Waals surface area contributed by atoms with Gasteiger partial charge in [-0.2, -0.15) is 0 Å². The molecule has 0 fully saturated rings. The van der Waals surface area contributed by atoms with Crippen molar-refractivity contribution in [3.63, 3.8) is 0 Å². The summed E-state index contributed by atoms with van der Waals surface area (Å²) < 4.78 is 5.46. The molecule has 1 aromatic rings. The lowest BCUT2D eigenvalue weighted by Gasteiger charge is -2.15. The van der Waals surface area contributed by atoms with Crippen LogP contribution < -0.4 is 5.32 Å². The van der Waals surface area contributed by atoms with Gasteiger partial charge in [-0.15, -0.1) is 6.58 Å². The van der Waals surface area contributed by atoms with E-state index < -0.39 is 0 Å². The summed E-state index contributed by atoms with van der Waals surface area (Å²) in [6, 6.07) is 4.05. The van der Waals surface area contributed by atoms with Gasteiger partial charge in [0.2, 0.25) is 0 Å². The first-order chi connectivity index (χ1) is 8.27. The third-order valence-electron chi connectivity index (χ3n) is 2.79. The molecule has 0 aliphatic heterocycles. The molecule has 0 aromatic carbocycles. The normalized spacial score (nSPS) is 12.6. The molecule has 0 radical (unpaired) electrons. The Morgan fingerprint density at radius 2 is 2.24 bits per heavy atom. The first kappa shape index (κ1) is 14.3. The Kier molecular flexibility index (Phi) is 7.06. The van der Waals surface area contributed by atoms with E-state index in [1.165, 1.54) is 19.3 Å². The van der Waals surface area contributed by atoms with E-state index in [1.54, 1.807) is 6.07 Å². The van der Waals surface area contributed by atoms with Gasteiger partial charge in [-0.05, 0) is 49.5 Å². The van der Waals surface area contributed by atoms with Crippen LogP contribution in [0, 0.1) is 0 Å². The zero-order valence-corrected chi connectivity index (χ0v) is 11.3. The molecule has 96 valence electrons. The zero-order chi connectivity index (χ0) is 12.5. The van der Waals surface area contributed by atoms with Crippen molar-refractivity contribution in [1.29, 1.82) is 0 Å². The fourth-order valence-corrected chi connectivity index (χ4v) is 2.07. The molecule has 0 aliphatic rings. The SMILES string of the molecule is C=CCCCCCC(NCC)c1ccc(Cl)o1. The van der Waals surface area contributed by atoms with Crippen LogP contribution in [-0.4, -0.2) is 6.54 Å². The van der Waals surface area contributed by atoms with Gasteiger partial charge >= 0.3 is 0 Å². The summed E-state index contributed by atoms with van der Waals surface area (Å²) in [5.41, 5.74) is 0. The average molecular weight is 256 g/mol. The van der Waals surface area contributed by atoms with Gasteiger partial charge < -0.3 is 9.73 Å². The van der Waals surface area contributed by atoms with Gasteiger partial charge in [0, 0.05) is 0 Å². The Balaban J connectivity index is 2.35. The molecular formula is C14H22ClNO. The van der Waals surface area contributed by atoms with Gasteiger partial charge in [-0.25, -0.2) is 0 Å². The van der Waals surface area contributed by atoms with Gasteiger partial charge in [0.05, 0.1) is 6.04 Å². The highest BCUT2D eigenvalue weighted by Gasteiger charge is 2.13. The Bertz CT molecular complexity index is 322. The minimum atomic E-state index is 0.288. The maximum Gasteiger partial charge on any atom is 0.193 e. The molecule has 2 nitrogen and oxygen atoms in total. The predicted octanol–water partition coefficient (Wildman–Crippen LogP) is 4.72. The van der Waals surface area contributed by atoms with Gasteiger partial charge in [-0.1, -0.05) is 25.8 Å². The third-order valence-corrected chi connectivity index (χ3v) is 2.99. The van der Waals surface area contributed by atoms with Crippen LogP contribution in [0.25, 0.3) is 0 Å². The van der Waals surface area contributed by atoms with E-state index in [0.29, 0.717) is 5.22 Å². The second-order valence-electron chi connectivity index (χ2n) is 4.18. The zero-order valence-electron chi connectivity index (χ0n) is 10.5. The summed E-state index contributed by atoms with van der Waals surface area (Å²) >= 11 is 5.80. The van der Waals surface area contributed by atoms with Crippen molar-refractivity contribution in [2.24, 2.45) is 0 Å². The number of unbranched alkanes of at least 4 members (excludes halogenated alkanes) is 3. The highest BCUT2D eigenvalue weighted by atomic mass is 35.5. The molecule has 0 amide bonds. The van der Waals surface area contributed by atoms with Crippen molar-refractivity contribution >= 4 is 11.6 Å². The summed E-state index contributed by atoms with van der Waals surface area (Å²) in [6.07, 6.45) is 7.84. The standard InChI is InChI=1S/C14H22ClNO/c1-3-5-6-7-8-9-12(16-4-2)13-10-11-14(15)17-13/h3,10-12,16H,1,4-9H2,2H3. The summed E-state index contributed by atoms with van der Waals surface area (Å²) in [5.74, 6) is 0.945. The van der Waals surface area contributed by atoms with Crippen LogP contribution in [0.2, 0.25) is 5.22 Å². The maximum atomic E-state index is 5.80. The maximum absolute atomic E-state index is 5.80. The van der Waals surface area contributed by atoms with E-state index in [-0.39, 0.29) is 6.04 Å². The molecule has 0 saturated heterocycles. The quantitative estimate of drug-likeness (QED) is 0.510. The van der Waals surface area contributed by atoms with Crippen LogP contribution in [-0.2, 0) is 0 Å². The van der Waals surface area contributed by atoms with Gasteiger partial charge in [-0.3, -0.25) is 0 Å². The van der Waals surface area contributed by atoms with Crippen molar-refractivity contribution in [2.45, 2.75) is 45.1 Å². The fraction of sp³-hybridized carbons (Fsp3) is 0.571. The number of furan rings is 1. The minimum Gasteiger partial charge on any atom is -0.448 e. The smallest absolute Gasteiger partial charge is 0.193 e. The van der Waals surface area contributed by atoms with E-state index in [1.807, 2.05) is 12.1 Å². The van der Waals surface area contributed by atoms with Crippen LogP contribution in [0.5, 0.6) is 0 Å². The first-order valence-corrected chi connectivity index (χ1v) is 6.75. The van der Waals surface area contributed by atoms with Crippen LogP contribution in [0.3, 0.4) is 0 Å². The number of hydrogen-bond donors (Lipinski definition) is 1. The lowest BCUT2D eigenvalue weighted by atomic mass is 10.1. The Labute approximate surface area is 109 Å². The first-order valence-electron chi connectivity index (χ1n) is 6.37. The number of halogens is 1. The molecular weight excluding hydrogens is 234 g/mol. The lowest BCUT2D eigenvalue weighted by Crippen LogP contribution is -2.20. The van der Waals surface area contributed by atoms with Crippen molar-refractivity contribution in [3.05, 3.63) is 35.8 Å². The molecule has 1 rings (SSSR count). The summed E-state index contributed by atoms with van der Waals surface area (Å²) in [7, 11) is 0. The number of rotatable bonds is 9. The van der Waals surface area contributed by atoms with Crippen molar-refractivity contribution in [2.75, 3.05) is 6.54 Å². The third kappa shape index (κ3) is 5.42. The molecule has 17 heavy (non-hydrogen) atoms. The van der Waals surface area contributed by atoms with E-state index >= 15 is 0 Å². The fourth-order valence-electron chi connectivity index (χ4n) is 1.92. The highest BCUT2D eigenvalue weighted by molar-refractivity contribution is 6.28. The molecule has 1 N–H and O–H groups in total. The van der Waals surface area contributed by atoms with Crippen molar-refractivity contribution in [3.8, 4) is 0 Å². The highest BCUT2D eigenvalue weighted by Crippen LogP contribution is 2.24. The second kappa shape index (κ2) is 8.37. The van der Waals surface area contributed by atoms with E-state index in [0.717, 1.165) is 25.1 Å². The summed E-state index contributed by atoms with van der Waals surface area (Å²) in [5, 5.41) is 3.90. The number of nitrogens with one attached hydrogen (secondary N) is 1. The van der Waals surface area contributed by atoms with E-state index in [2.05, 4.69) is 18.8 Å². The Hall–Kier alpha value is -0.730. The molecule has 0 bridgehead atoms. The average Bonchev–Trinajstić information content (AvgIpc) is 2.74. The van der Waals surface area contributed by atoms with Crippen LogP contribution in [0.1, 0.15) is 50.8 Å². The van der Waals surface area contributed by atoms with Crippen LogP contribution in [0.4, 0.5) is 0 Å². The molecule has 1 aromatic heterocycles. The molecule has 1 unspecified atom stereocenters. The van der Waals surface area contributed by atoms with Crippen LogP contribution >= 0.6 is 11.6 Å². The summed E-state index contributed by atoms with van der Waals surface area (Å²) in [6.45, 7) is 6.78. The van der Waals surface area contributed by atoms with E-state index in [4.69, 9.17) is 16.0 Å². The van der Waals surface area contributed by atoms with Crippen molar-refractivity contribution < 1.29 is 4.42 Å². The van der Waals surface area contributed by atoms with Gasteiger partial charge in [0.15, 0.2) is 5.22 Å². The lowest BCUT2D eigenvalue weighted by molar-refractivity contribution is 0.391. The molecule has 0 aliphatic carbocycles. The predicted molar refractivity (Wildman–Crippen MR) is 73.4 cm³/mol. The van der Waals surface area contributed by atoms with Crippen LogP contribution in [0.15, 0.2) is 29.2 Å². The van der Waals surface area contributed by atoms with E-state index in [9.17, 15) is 0 Å².